The standard InChI is InChI=1S/C13H11ClN6O/c1-8-3-4-10(21-2)9(5-8)11-17-12(14)19-13(18-11)20-7-15-6-16-20/h3-7H,1-2H3. The Kier molecular flexibility index (Phi) is 3.49. The molecule has 21 heavy (non-hydrogen) atoms. The van der Waals surface area contributed by atoms with Crippen LogP contribution in [0.2, 0.25) is 5.28 Å². The Morgan fingerprint density at radius 1 is 1.19 bits per heavy atom. The number of hydrogen-bond acceptors (Lipinski definition) is 6. The number of rotatable bonds is 3. The molecule has 0 amide bonds. The Morgan fingerprint density at radius 3 is 2.76 bits per heavy atom. The van der Waals surface area contributed by atoms with Crippen LogP contribution >= 0.6 is 11.6 Å². The summed E-state index contributed by atoms with van der Waals surface area (Å²) in [6.45, 7) is 1.98. The van der Waals surface area contributed by atoms with E-state index in [0.29, 0.717) is 17.5 Å². The highest BCUT2D eigenvalue weighted by Crippen LogP contribution is 2.29. The summed E-state index contributed by atoms with van der Waals surface area (Å²) in [6, 6.07) is 5.73. The van der Waals surface area contributed by atoms with Gasteiger partial charge in [-0.15, -0.1) is 0 Å². The minimum absolute atomic E-state index is 0.0778. The first-order valence-corrected chi connectivity index (χ1v) is 6.47. The SMILES string of the molecule is COc1ccc(C)cc1-c1nc(Cl)nc(-n2cncn2)n1. The normalized spacial score (nSPS) is 10.6. The van der Waals surface area contributed by atoms with Crippen LogP contribution in [0.4, 0.5) is 0 Å². The summed E-state index contributed by atoms with van der Waals surface area (Å²) in [4.78, 5) is 16.4. The molecule has 0 saturated carbocycles. The van der Waals surface area contributed by atoms with Crippen molar-refractivity contribution in [2.45, 2.75) is 6.92 Å². The van der Waals surface area contributed by atoms with E-state index in [2.05, 4.69) is 25.0 Å². The quantitative estimate of drug-likeness (QED) is 0.737. The van der Waals surface area contributed by atoms with Gasteiger partial charge < -0.3 is 4.74 Å². The van der Waals surface area contributed by atoms with E-state index in [4.69, 9.17) is 16.3 Å². The van der Waals surface area contributed by atoms with Gasteiger partial charge in [-0.1, -0.05) is 11.6 Å². The van der Waals surface area contributed by atoms with E-state index in [1.165, 1.54) is 17.3 Å². The Labute approximate surface area is 125 Å². The smallest absolute Gasteiger partial charge is 0.256 e. The van der Waals surface area contributed by atoms with E-state index in [9.17, 15) is 0 Å². The van der Waals surface area contributed by atoms with Crippen molar-refractivity contribution in [2.75, 3.05) is 7.11 Å². The molecule has 0 unspecified atom stereocenters. The third-order valence-electron chi connectivity index (χ3n) is 2.82. The lowest BCUT2D eigenvalue weighted by Crippen LogP contribution is -2.05. The van der Waals surface area contributed by atoms with Gasteiger partial charge in [0.1, 0.15) is 18.4 Å². The average Bonchev–Trinajstić information content (AvgIpc) is 3.01. The van der Waals surface area contributed by atoms with Gasteiger partial charge in [-0.05, 0) is 30.7 Å². The number of aryl methyl sites for hydroxylation is 1. The maximum Gasteiger partial charge on any atom is 0.256 e. The van der Waals surface area contributed by atoms with Gasteiger partial charge in [-0.2, -0.15) is 24.7 Å². The Bertz CT molecular complexity index is 774. The second-order valence-corrected chi connectivity index (χ2v) is 4.61. The van der Waals surface area contributed by atoms with Gasteiger partial charge in [0.05, 0.1) is 12.7 Å². The number of nitrogens with zero attached hydrogens (tertiary/aromatic N) is 6. The molecule has 2 aromatic heterocycles. The number of ether oxygens (including phenoxy) is 1. The van der Waals surface area contributed by atoms with Crippen molar-refractivity contribution in [3.05, 3.63) is 41.7 Å². The lowest BCUT2D eigenvalue weighted by Gasteiger charge is -2.09. The molecule has 0 N–H and O–H groups in total. The van der Waals surface area contributed by atoms with Crippen molar-refractivity contribution < 1.29 is 4.74 Å². The van der Waals surface area contributed by atoms with E-state index in [1.54, 1.807) is 7.11 Å². The molecule has 0 saturated heterocycles. The minimum atomic E-state index is 0.0778. The number of benzene rings is 1. The monoisotopic (exact) mass is 302 g/mol. The zero-order chi connectivity index (χ0) is 14.8. The van der Waals surface area contributed by atoms with Crippen LogP contribution in [0, 0.1) is 6.92 Å². The summed E-state index contributed by atoms with van der Waals surface area (Å²) in [6.07, 6.45) is 2.88. The van der Waals surface area contributed by atoms with Gasteiger partial charge in [0.25, 0.3) is 5.95 Å². The Morgan fingerprint density at radius 2 is 2.05 bits per heavy atom. The van der Waals surface area contributed by atoms with Crippen LogP contribution in [0.1, 0.15) is 5.56 Å². The van der Waals surface area contributed by atoms with Gasteiger partial charge in [-0.25, -0.2) is 4.98 Å². The molecule has 0 aliphatic carbocycles. The van der Waals surface area contributed by atoms with Crippen LogP contribution in [0.3, 0.4) is 0 Å². The van der Waals surface area contributed by atoms with Crippen LogP contribution in [-0.4, -0.2) is 36.8 Å². The molecular formula is C13H11ClN6O. The molecule has 0 spiro atoms. The zero-order valence-electron chi connectivity index (χ0n) is 11.4. The van der Waals surface area contributed by atoms with Crippen molar-refractivity contribution >= 4 is 11.6 Å². The molecule has 2 heterocycles. The fourth-order valence-electron chi connectivity index (χ4n) is 1.87. The lowest BCUT2D eigenvalue weighted by atomic mass is 10.1. The van der Waals surface area contributed by atoms with Crippen LogP contribution in [0.15, 0.2) is 30.9 Å². The number of methoxy groups -OCH3 is 1. The largest absolute Gasteiger partial charge is 0.496 e. The van der Waals surface area contributed by atoms with Crippen LogP contribution in [0.5, 0.6) is 5.75 Å². The van der Waals surface area contributed by atoms with Gasteiger partial charge in [0, 0.05) is 0 Å². The molecule has 3 aromatic rings. The first-order chi connectivity index (χ1) is 10.2. The minimum Gasteiger partial charge on any atom is -0.496 e. The molecule has 0 fully saturated rings. The van der Waals surface area contributed by atoms with Gasteiger partial charge in [0.2, 0.25) is 5.28 Å². The molecule has 0 radical (unpaired) electrons. The van der Waals surface area contributed by atoms with Crippen molar-refractivity contribution in [1.29, 1.82) is 0 Å². The van der Waals surface area contributed by atoms with E-state index >= 15 is 0 Å². The second-order valence-electron chi connectivity index (χ2n) is 4.27. The molecule has 1 aromatic carbocycles. The van der Waals surface area contributed by atoms with Crippen molar-refractivity contribution in [3.63, 3.8) is 0 Å². The predicted molar refractivity (Wildman–Crippen MR) is 76.5 cm³/mol. The van der Waals surface area contributed by atoms with Crippen molar-refractivity contribution in [2.24, 2.45) is 0 Å². The van der Waals surface area contributed by atoms with E-state index < -0.39 is 0 Å². The van der Waals surface area contributed by atoms with Crippen LogP contribution < -0.4 is 4.74 Å². The molecule has 0 aliphatic heterocycles. The van der Waals surface area contributed by atoms with Gasteiger partial charge in [0.15, 0.2) is 5.82 Å². The third kappa shape index (κ3) is 2.68. The summed E-state index contributed by atoms with van der Waals surface area (Å²) < 4.78 is 6.76. The maximum absolute atomic E-state index is 5.99. The van der Waals surface area contributed by atoms with Gasteiger partial charge >= 0.3 is 0 Å². The zero-order valence-corrected chi connectivity index (χ0v) is 12.1. The first-order valence-electron chi connectivity index (χ1n) is 6.09. The molecule has 3 rings (SSSR count). The molecule has 0 aliphatic rings. The Hall–Kier alpha value is -2.54. The molecule has 7 nitrogen and oxygen atoms in total. The van der Waals surface area contributed by atoms with Crippen molar-refractivity contribution in [3.8, 4) is 23.1 Å². The predicted octanol–water partition coefficient (Wildman–Crippen LogP) is 2.09. The molecule has 0 bridgehead atoms. The fraction of sp³-hybridized carbons (Fsp3) is 0.154. The van der Waals surface area contributed by atoms with Crippen LogP contribution in [0.25, 0.3) is 17.3 Å². The lowest BCUT2D eigenvalue weighted by molar-refractivity contribution is 0.416. The summed E-state index contributed by atoms with van der Waals surface area (Å²) in [5.41, 5.74) is 1.80. The van der Waals surface area contributed by atoms with E-state index in [1.807, 2.05) is 25.1 Å². The second kappa shape index (κ2) is 5.45. The van der Waals surface area contributed by atoms with Crippen molar-refractivity contribution in [1.82, 2.24) is 29.7 Å². The van der Waals surface area contributed by atoms with Gasteiger partial charge in [-0.3, -0.25) is 0 Å². The molecule has 106 valence electrons. The summed E-state index contributed by atoms with van der Waals surface area (Å²) in [5.74, 6) is 1.37. The number of aromatic nitrogens is 6. The fourth-order valence-corrected chi connectivity index (χ4v) is 2.03. The number of hydrogen-bond donors (Lipinski definition) is 0. The average molecular weight is 303 g/mol. The molecular weight excluding hydrogens is 292 g/mol. The van der Waals surface area contributed by atoms with E-state index in [0.717, 1.165) is 11.1 Å². The highest BCUT2D eigenvalue weighted by atomic mass is 35.5. The maximum atomic E-state index is 5.99. The summed E-state index contributed by atoms with van der Waals surface area (Å²) in [7, 11) is 1.59. The van der Waals surface area contributed by atoms with Crippen LogP contribution in [-0.2, 0) is 0 Å². The molecule has 0 atom stereocenters. The highest BCUT2D eigenvalue weighted by molar-refractivity contribution is 6.28. The Balaban J connectivity index is 2.17. The summed E-state index contributed by atoms with van der Waals surface area (Å²) in [5, 5.41) is 4.06. The number of halogens is 1. The topological polar surface area (TPSA) is 78.6 Å². The van der Waals surface area contributed by atoms with E-state index in [-0.39, 0.29) is 5.28 Å². The third-order valence-corrected chi connectivity index (χ3v) is 2.98. The first kappa shape index (κ1) is 13.4. The highest BCUT2D eigenvalue weighted by Gasteiger charge is 2.13. The molecule has 8 heteroatoms. The summed E-state index contributed by atoms with van der Waals surface area (Å²) >= 11 is 5.99.